The zero-order valence-electron chi connectivity index (χ0n) is 10.5. The van der Waals surface area contributed by atoms with Gasteiger partial charge in [0.05, 0.1) is 0 Å². The van der Waals surface area contributed by atoms with Crippen molar-refractivity contribution in [2.75, 3.05) is 25.0 Å². The number of anilines is 1. The number of likely N-dealkylation sites (N-methyl/N-ethyl adjacent to an activating group) is 1. The highest BCUT2D eigenvalue weighted by atomic mass is 15.2. The summed E-state index contributed by atoms with van der Waals surface area (Å²) < 4.78 is 0. The van der Waals surface area contributed by atoms with E-state index in [9.17, 15) is 0 Å². The van der Waals surface area contributed by atoms with Crippen molar-refractivity contribution in [1.82, 2.24) is 5.32 Å². The lowest BCUT2D eigenvalue weighted by Gasteiger charge is -2.38. The summed E-state index contributed by atoms with van der Waals surface area (Å²) in [4.78, 5) is 2.44. The van der Waals surface area contributed by atoms with Crippen molar-refractivity contribution < 1.29 is 0 Å². The van der Waals surface area contributed by atoms with Crippen LogP contribution in [0.15, 0.2) is 24.3 Å². The molecule has 2 atom stereocenters. The number of benzene rings is 1. The van der Waals surface area contributed by atoms with Gasteiger partial charge in [-0.2, -0.15) is 0 Å². The number of para-hydroxylation sites is 1. The van der Waals surface area contributed by atoms with Crippen LogP contribution in [0.4, 0.5) is 5.69 Å². The van der Waals surface area contributed by atoms with Gasteiger partial charge in [-0.05, 0) is 37.4 Å². The SMILES string of the molecule is Cc1ccccc1N(C)C1CNCCC1C. The molecule has 0 aromatic heterocycles. The Morgan fingerprint density at radius 3 is 2.75 bits per heavy atom. The Morgan fingerprint density at radius 1 is 1.31 bits per heavy atom. The summed E-state index contributed by atoms with van der Waals surface area (Å²) in [6.45, 7) is 6.82. The van der Waals surface area contributed by atoms with E-state index in [1.54, 1.807) is 0 Å². The maximum Gasteiger partial charge on any atom is 0.0437 e. The first-order chi connectivity index (χ1) is 7.70. The molecule has 0 saturated carbocycles. The predicted molar refractivity (Wildman–Crippen MR) is 70.0 cm³/mol. The van der Waals surface area contributed by atoms with Crippen LogP contribution >= 0.6 is 0 Å². The number of aryl methyl sites for hydroxylation is 1. The van der Waals surface area contributed by atoms with Crippen LogP contribution in [0.3, 0.4) is 0 Å². The van der Waals surface area contributed by atoms with E-state index >= 15 is 0 Å². The Morgan fingerprint density at radius 2 is 2.06 bits per heavy atom. The fourth-order valence-corrected chi connectivity index (χ4v) is 2.63. The number of rotatable bonds is 2. The molecule has 88 valence electrons. The zero-order valence-corrected chi connectivity index (χ0v) is 10.5. The molecule has 0 bridgehead atoms. The van der Waals surface area contributed by atoms with Gasteiger partial charge >= 0.3 is 0 Å². The molecule has 1 aromatic rings. The molecule has 1 N–H and O–H groups in total. The molecule has 1 saturated heterocycles. The fraction of sp³-hybridized carbons (Fsp3) is 0.571. The maximum atomic E-state index is 3.49. The maximum absolute atomic E-state index is 3.49. The molecule has 0 radical (unpaired) electrons. The summed E-state index contributed by atoms with van der Waals surface area (Å²) in [7, 11) is 2.22. The van der Waals surface area contributed by atoms with Gasteiger partial charge in [-0.3, -0.25) is 0 Å². The van der Waals surface area contributed by atoms with E-state index in [0.717, 1.165) is 12.5 Å². The van der Waals surface area contributed by atoms with Crippen molar-refractivity contribution in [2.24, 2.45) is 5.92 Å². The van der Waals surface area contributed by atoms with Gasteiger partial charge in [0, 0.05) is 25.3 Å². The molecule has 0 aliphatic carbocycles. The van der Waals surface area contributed by atoms with E-state index in [0.29, 0.717) is 6.04 Å². The van der Waals surface area contributed by atoms with Gasteiger partial charge in [0.1, 0.15) is 0 Å². The van der Waals surface area contributed by atoms with Crippen LogP contribution in [0.5, 0.6) is 0 Å². The van der Waals surface area contributed by atoms with Crippen LogP contribution in [-0.2, 0) is 0 Å². The Balaban J connectivity index is 2.17. The van der Waals surface area contributed by atoms with E-state index in [1.807, 2.05) is 0 Å². The highest BCUT2D eigenvalue weighted by Crippen LogP contribution is 2.25. The summed E-state index contributed by atoms with van der Waals surface area (Å²) in [6, 6.07) is 9.26. The minimum absolute atomic E-state index is 0.620. The van der Waals surface area contributed by atoms with Crippen molar-refractivity contribution in [3.63, 3.8) is 0 Å². The molecule has 2 nitrogen and oxygen atoms in total. The summed E-state index contributed by atoms with van der Waals surface area (Å²) >= 11 is 0. The normalized spacial score (nSPS) is 25.4. The number of hydrogen-bond donors (Lipinski definition) is 1. The molecule has 1 aliphatic heterocycles. The first kappa shape index (κ1) is 11.5. The predicted octanol–water partition coefficient (Wildman–Crippen LogP) is 2.43. The quantitative estimate of drug-likeness (QED) is 0.820. The molecule has 1 fully saturated rings. The molecule has 2 heteroatoms. The van der Waals surface area contributed by atoms with Gasteiger partial charge in [0.15, 0.2) is 0 Å². The largest absolute Gasteiger partial charge is 0.370 e. The third-order valence-corrected chi connectivity index (χ3v) is 3.78. The lowest BCUT2D eigenvalue weighted by atomic mass is 9.93. The second-order valence-electron chi connectivity index (χ2n) is 4.93. The summed E-state index contributed by atoms with van der Waals surface area (Å²) in [5, 5.41) is 3.49. The van der Waals surface area contributed by atoms with Gasteiger partial charge in [-0.25, -0.2) is 0 Å². The second kappa shape index (κ2) is 4.88. The Labute approximate surface area is 98.7 Å². The van der Waals surface area contributed by atoms with Crippen LogP contribution in [0.2, 0.25) is 0 Å². The Kier molecular flexibility index (Phi) is 3.49. The van der Waals surface area contributed by atoms with Crippen molar-refractivity contribution in [3.05, 3.63) is 29.8 Å². The molecule has 16 heavy (non-hydrogen) atoms. The average molecular weight is 218 g/mol. The summed E-state index contributed by atoms with van der Waals surface area (Å²) in [5.74, 6) is 0.769. The molecule has 0 amide bonds. The third kappa shape index (κ3) is 2.22. The highest BCUT2D eigenvalue weighted by molar-refractivity contribution is 5.53. The molecule has 0 spiro atoms. The highest BCUT2D eigenvalue weighted by Gasteiger charge is 2.25. The van der Waals surface area contributed by atoms with Crippen LogP contribution in [0.1, 0.15) is 18.9 Å². The standard InChI is InChI=1S/C14H22N2/c1-11-6-4-5-7-13(11)16(3)14-10-15-9-8-12(14)2/h4-7,12,14-15H,8-10H2,1-3H3. The molecular formula is C14H22N2. The second-order valence-corrected chi connectivity index (χ2v) is 4.93. The van der Waals surface area contributed by atoms with Crippen molar-refractivity contribution >= 4 is 5.69 Å². The van der Waals surface area contributed by atoms with Crippen molar-refractivity contribution in [2.45, 2.75) is 26.3 Å². The molecule has 2 rings (SSSR count). The van der Waals surface area contributed by atoms with Crippen LogP contribution in [-0.4, -0.2) is 26.2 Å². The van der Waals surface area contributed by atoms with E-state index in [-0.39, 0.29) is 0 Å². The third-order valence-electron chi connectivity index (χ3n) is 3.78. The zero-order chi connectivity index (χ0) is 11.5. The number of nitrogens with one attached hydrogen (secondary N) is 1. The lowest BCUT2D eigenvalue weighted by Crippen LogP contribution is -2.49. The van der Waals surface area contributed by atoms with E-state index in [4.69, 9.17) is 0 Å². The van der Waals surface area contributed by atoms with E-state index in [1.165, 1.54) is 24.2 Å². The minimum atomic E-state index is 0.620. The first-order valence-electron chi connectivity index (χ1n) is 6.19. The summed E-state index contributed by atoms with van der Waals surface area (Å²) in [6.07, 6.45) is 1.28. The average Bonchev–Trinajstić information content (AvgIpc) is 2.29. The van der Waals surface area contributed by atoms with Crippen molar-refractivity contribution in [1.29, 1.82) is 0 Å². The number of nitrogens with zero attached hydrogens (tertiary/aromatic N) is 1. The van der Waals surface area contributed by atoms with Crippen LogP contribution in [0, 0.1) is 12.8 Å². The van der Waals surface area contributed by atoms with Crippen molar-refractivity contribution in [3.8, 4) is 0 Å². The Bertz CT molecular complexity index is 348. The van der Waals surface area contributed by atoms with E-state index < -0.39 is 0 Å². The molecule has 1 aliphatic rings. The van der Waals surface area contributed by atoms with Crippen LogP contribution < -0.4 is 10.2 Å². The fourth-order valence-electron chi connectivity index (χ4n) is 2.63. The van der Waals surface area contributed by atoms with Crippen LogP contribution in [0.25, 0.3) is 0 Å². The van der Waals surface area contributed by atoms with Gasteiger partial charge in [-0.1, -0.05) is 25.1 Å². The molecule has 1 aromatic carbocycles. The molecular weight excluding hydrogens is 196 g/mol. The lowest BCUT2D eigenvalue weighted by molar-refractivity contribution is 0.338. The first-order valence-corrected chi connectivity index (χ1v) is 6.19. The van der Waals surface area contributed by atoms with Gasteiger partial charge in [0.25, 0.3) is 0 Å². The van der Waals surface area contributed by atoms with Gasteiger partial charge in [0.2, 0.25) is 0 Å². The monoisotopic (exact) mass is 218 g/mol. The topological polar surface area (TPSA) is 15.3 Å². The van der Waals surface area contributed by atoms with E-state index in [2.05, 4.69) is 55.4 Å². The minimum Gasteiger partial charge on any atom is -0.370 e. The number of hydrogen-bond acceptors (Lipinski definition) is 2. The van der Waals surface area contributed by atoms with Gasteiger partial charge in [-0.15, -0.1) is 0 Å². The Hall–Kier alpha value is -1.02. The molecule has 1 heterocycles. The summed E-state index contributed by atoms with van der Waals surface area (Å²) in [5.41, 5.74) is 2.73. The number of piperidine rings is 1. The smallest absolute Gasteiger partial charge is 0.0437 e. The van der Waals surface area contributed by atoms with Gasteiger partial charge < -0.3 is 10.2 Å². The molecule has 2 unspecified atom stereocenters.